The number of rotatable bonds is 0. The molecule has 0 aromatic rings. The molecule has 2 nitrogen and oxygen atoms in total. The van der Waals surface area contributed by atoms with E-state index in [0.717, 1.165) is 0 Å². The maximum atomic E-state index is 5.92. The fourth-order valence-corrected chi connectivity index (χ4v) is 0. The largest absolute Gasteiger partial charge is 0.609 e. The zero-order valence-electron chi connectivity index (χ0n) is 1.91. The molecule has 4 heteroatoms. The van der Waals surface area contributed by atoms with E-state index in [2.05, 4.69) is 0 Å². The second-order valence-corrected chi connectivity index (χ2v) is 0.433. The third kappa shape index (κ3) is 12.2. The Morgan fingerprint density at radius 3 is 1.75 bits per heavy atom. The molecule has 4 heavy (non-hydrogen) atoms. The van der Waals surface area contributed by atoms with E-state index in [1.54, 1.807) is 0 Å². The molecule has 0 saturated heterocycles. The van der Waals surface area contributed by atoms with Crippen molar-refractivity contribution in [3.63, 3.8) is 0 Å². The summed E-state index contributed by atoms with van der Waals surface area (Å²) in [5, 5.41) is 1.92. The van der Waals surface area contributed by atoms with Crippen molar-refractivity contribution < 1.29 is 19.5 Å². The van der Waals surface area contributed by atoms with Crippen LogP contribution in [0.5, 0.6) is 0 Å². The molecule has 0 bridgehead atoms. The van der Waals surface area contributed by atoms with E-state index in [1.165, 1.54) is 0 Å². The van der Waals surface area contributed by atoms with Gasteiger partial charge in [-0.05, 0) is 0 Å². The molecule has 0 fully saturated rings. The van der Waals surface area contributed by atoms with E-state index < -0.39 is 0 Å². The number of hydrogen-bond donors (Lipinski definition) is 1. The van der Waals surface area contributed by atoms with Gasteiger partial charge in [0.15, 0.2) is 0 Å². The monoisotopic (exact) mass is 166 g/mol. The smallest absolute Gasteiger partial charge is 0 e. The maximum absolute atomic E-state index is 5.92. The van der Waals surface area contributed by atoms with Crippen LogP contribution < -0.4 is 5.20 Å². The Morgan fingerprint density at radius 1 is 1.75 bits per heavy atom. The summed E-state index contributed by atoms with van der Waals surface area (Å²) >= 11 is 0. The predicted molar refractivity (Wildman–Crippen MR) is 17.2 cm³/mol. The Labute approximate surface area is 40.5 Å². The predicted octanol–water partition coefficient (Wildman–Crippen LogP) is 0.331. The summed E-state index contributed by atoms with van der Waals surface area (Å²) in [6.45, 7) is 0. The third-order valence-corrected chi connectivity index (χ3v) is 0. The Morgan fingerprint density at radius 2 is 1.75 bits per heavy atom. The van der Waals surface area contributed by atoms with Crippen LogP contribution in [0.4, 0.5) is 0 Å². The molecule has 1 radical (unpaired) electrons. The molecular formula is H4N2PRh-. The molecule has 0 aromatic carbocycles. The van der Waals surface area contributed by atoms with Gasteiger partial charge in [-0.25, -0.2) is 0 Å². The summed E-state index contributed by atoms with van der Waals surface area (Å²) in [5.74, 6) is 5.92. The molecule has 1 unspecified atom stereocenters. The van der Waals surface area contributed by atoms with Crippen molar-refractivity contribution in [2.75, 3.05) is 0 Å². The van der Waals surface area contributed by atoms with Gasteiger partial charge in [0.25, 0.3) is 0 Å². The first kappa shape index (κ1) is 8.88. The number of nitrogens with one attached hydrogen (secondary N) is 2. The molecule has 0 heterocycles. The van der Waals surface area contributed by atoms with Crippen LogP contribution in [-0.4, -0.2) is 0 Å². The second kappa shape index (κ2) is 9.02. The third-order valence-electron chi connectivity index (χ3n) is 0. The van der Waals surface area contributed by atoms with Gasteiger partial charge in [-0.1, -0.05) is 9.39 Å². The summed E-state index contributed by atoms with van der Waals surface area (Å²) in [7, 11) is 2.00. The minimum Gasteiger partial charge on any atom is -0.609 e. The van der Waals surface area contributed by atoms with Crippen LogP contribution in [0.3, 0.4) is 0 Å². The van der Waals surface area contributed by atoms with Gasteiger partial charge in [-0.3, -0.25) is 0 Å². The van der Waals surface area contributed by atoms with Gasteiger partial charge in [0.05, 0.1) is 0 Å². The molecule has 0 saturated carbocycles. The first-order valence-corrected chi connectivity index (χ1v) is 1.12. The molecule has 2 N–H and O–H groups in total. The van der Waals surface area contributed by atoms with E-state index >= 15 is 0 Å². The van der Waals surface area contributed by atoms with Gasteiger partial charge < -0.3 is 11.0 Å². The molecule has 0 amide bonds. The van der Waals surface area contributed by atoms with E-state index in [4.69, 9.17) is 5.84 Å². The minimum absolute atomic E-state index is 0. The zero-order valence-corrected chi connectivity index (χ0v) is 4.70. The normalized spacial score (nSPS) is 4.50. The van der Waals surface area contributed by atoms with Crippen molar-refractivity contribution >= 4 is 9.39 Å². The van der Waals surface area contributed by atoms with E-state index in [9.17, 15) is 0 Å². The topological polar surface area (TPSA) is 35.8 Å². The zero-order chi connectivity index (χ0) is 2.71. The van der Waals surface area contributed by atoms with Gasteiger partial charge >= 0.3 is 0 Å². The Bertz CT molecular complexity index is 6.00. The van der Waals surface area contributed by atoms with Gasteiger partial charge in [-0.15, -0.1) is 0 Å². The van der Waals surface area contributed by atoms with Gasteiger partial charge in [0.1, 0.15) is 0 Å². The maximum Gasteiger partial charge on any atom is 0 e. The summed E-state index contributed by atoms with van der Waals surface area (Å²) < 4.78 is 0. The molecule has 0 aliphatic carbocycles. The summed E-state index contributed by atoms with van der Waals surface area (Å²) in [6, 6.07) is 0. The molecule has 0 spiro atoms. The van der Waals surface area contributed by atoms with Crippen LogP contribution in [0.25, 0.3) is 5.84 Å². The molecule has 0 aliphatic rings. The van der Waals surface area contributed by atoms with Crippen LogP contribution in [0.2, 0.25) is 0 Å². The molecule has 1 atom stereocenters. The van der Waals surface area contributed by atoms with Crippen molar-refractivity contribution in [2.45, 2.75) is 0 Å². The summed E-state index contributed by atoms with van der Waals surface area (Å²) in [5.41, 5.74) is 0. The molecule has 29 valence electrons. The summed E-state index contributed by atoms with van der Waals surface area (Å²) in [6.07, 6.45) is 0. The van der Waals surface area contributed by atoms with Crippen LogP contribution in [-0.2, 0) is 19.5 Å². The van der Waals surface area contributed by atoms with E-state index in [1.807, 2.05) is 14.6 Å². The van der Waals surface area contributed by atoms with Crippen LogP contribution in [0, 0.1) is 0 Å². The van der Waals surface area contributed by atoms with Crippen LogP contribution in [0.1, 0.15) is 0 Å². The molecule has 0 rings (SSSR count). The van der Waals surface area contributed by atoms with Crippen molar-refractivity contribution in [3.8, 4) is 0 Å². The molecule has 0 aliphatic heterocycles. The average molecular weight is 166 g/mol. The molecular weight excluding hydrogens is 162 g/mol. The minimum atomic E-state index is 0. The van der Waals surface area contributed by atoms with Gasteiger partial charge in [0, 0.05) is 19.5 Å². The first-order valence-electron chi connectivity index (χ1n) is 0.539. The summed E-state index contributed by atoms with van der Waals surface area (Å²) in [4.78, 5) is 0. The van der Waals surface area contributed by atoms with Crippen molar-refractivity contribution in [1.82, 2.24) is 5.20 Å². The van der Waals surface area contributed by atoms with Crippen LogP contribution in [0.15, 0.2) is 0 Å². The fourth-order valence-electron chi connectivity index (χ4n) is 0. The fraction of sp³-hybridized carbons (Fsp3) is 0. The van der Waals surface area contributed by atoms with E-state index in [0.29, 0.717) is 0 Å². The van der Waals surface area contributed by atoms with Crippen molar-refractivity contribution in [3.05, 3.63) is 5.84 Å². The number of hydrogen-bond acceptors (Lipinski definition) is 1. The standard InChI is InChI=1S/H4N2P.Rh/c1-2-3;/h1-2H,3H2;/q-1;. The van der Waals surface area contributed by atoms with E-state index in [-0.39, 0.29) is 19.5 Å². The first-order chi connectivity index (χ1) is 1.41. The molecule has 0 aromatic heterocycles. The average Bonchev–Trinajstić information content (AvgIpc) is 0.918. The second-order valence-electron chi connectivity index (χ2n) is 0.144. The Kier molecular flexibility index (Phi) is 20.0. The van der Waals surface area contributed by atoms with Gasteiger partial charge in [-0.2, -0.15) is 0 Å². The SMILES string of the molecule is [NH-]NP.[Rh]. The van der Waals surface area contributed by atoms with Crippen molar-refractivity contribution in [2.24, 2.45) is 0 Å². The Balaban J connectivity index is 0. The van der Waals surface area contributed by atoms with Gasteiger partial charge in [0.2, 0.25) is 0 Å². The quantitative estimate of drug-likeness (QED) is 0.314. The Hall–Kier alpha value is 0.973. The van der Waals surface area contributed by atoms with Crippen LogP contribution >= 0.6 is 9.39 Å². The van der Waals surface area contributed by atoms with Crippen molar-refractivity contribution in [1.29, 1.82) is 0 Å².